The molecule has 3 heterocycles. The molecule has 234 valence electrons. The summed E-state index contributed by atoms with van der Waals surface area (Å²) in [5, 5.41) is 4.02. The monoisotopic (exact) mass is 643 g/mol. The van der Waals surface area contributed by atoms with Gasteiger partial charge < -0.3 is 25.4 Å². The highest BCUT2D eigenvalue weighted by Crippen LogP contribution is 2.34. The standard InChI is InChI=1S/C32H36Cl2FN5O4/c1-20(41)37-16-21-4-7-39(8-5-21)18-22-10-23(24-12-25(33)15-26(34)13-24)14-28(11-22)43-27-2-3-31(38-17-27)40-9-6-30(29(35)19-40)44-32(36)42/h2-3,10-15,17,21,29-30H,4-9,16,18-19H2,1H3,(H2,36,42)(H,37,41)/t29-,30+/m1/s1. The number of aromatic nitrogens is 1. The SMILES string of the molecule is CC(=O)NCC1CCN(Cc2cc(Oc3ccc(N4CC[C@H](OC(N)=O)[C@H](F)C4)nc3)cc(-c3cc(Cl)cc(Cl)c3)c2)CC1. The molecule has 0 unspecified atom stereocenters. The van der Waals surface area contributed by atoms with Gasteiger partial charge in [-0.1, -0.05) is 23.2 Å². The maximum absolute atomic E-state index is 14.6. The summed E-state index contributed by atoms with van der Waals surface area (Å²) >= 11 is 12.7. The number of ether oxygens (including phenoxy) is 2. The van der Waals surface area contributed by atoms with Crippen LogP contribution in [0.15, 0.2) is 54.7 Å². The average molecular weight is 645 g/mol. The molecule has 0 spiro atoms. The number of nitrogens with one attached hydrogen (secondary N) is 1. The summed E-state index contributed by atoms with van der Waals surface area (Å²) in [5.74, 6) is 2.26. The molecule has 2 atom stereocenters. The van der Waals surface area contributed by atoms with Crippen LogP contribution in [-0.2, 0) is 16.1 Å². The van der Waals surface area contributed by atoms with Crippen LogP contribution in [0.1, 0.15) is 31.7 Å². The number of likely N-dealkylation sites (tertiary alicyclic amines) is 1. The number of hydrogen-bond donors (Lipinski definition) is 2. The highest BCUT2D eigenvalue weighted by atomic mass is 35.5. The first-order valence-electron chi connectivity index (χ1n) is 14.7. The van der Waals surface area contributed by atoms with Crippen molar-refractivity contribution in [2.45, 2.75) is 45.0 Å². The highest BCUT2D eigenvalue weighted by Gasteiger charge is 2.32. The van der Waals surface area contributed by atoms with Crippen LogP contribution in [0.5, 0.6) is 11.5 Å². The van der Waals surface area contributed by atoms with E-state index in [9.17, 15) is 14.0 Å². The molecular weight excluding hydrogens is 608 g/mol. The second-order valence-corrected chi connectivity index (χ2v) is 12.2. The number of halogens is 3. The molecule has 9 nitrogen and oxygen atoms in total. The fourth-order valence-corrected chi connectivity index (χ4v) is 6.25. The number of hydrogen-bond acceptors (Lipinski definition) is 7. The molecule has 3 N–H and O–H groups in total. The van der Waals surface area contributed by atoms with E-state index in [0.29, 0.717) is 46.2 Å². The van der Waals surface area contributed by atoms with E-state index in [4.69, 9.17) is 38.4 Å². The van der Waals surface area contributed by atoms with Crippen molar-refractivity contribution in [2.24, 2.45) is 11.7 Å². The molecule has 2 amide bonds. The molecule has 0 bridgehead atoms. The van der Waals surface area contributed by atoms with Gasteiger partial charge in [-0.2, -0.15) is 0 Å². The lowest BCUT2D eigenvalue weighted by atomic mass is 9.96. The van der Waals surface area contributed by atoms with Gasteiger partial charge in [0.1, 0.15) is 23.4 Å². The van der Waals surface area contributed by atoms with Crippen LogP contribution in [0.25, 0.3) is 11.1 Å². The average Bonchev–Trinajstić information content (AvgIpc) is 2.97. The maximum Gasteiger partial charge on any atom is 0.404 e. The zero-order valence-corrected chi connectivity index (χ0v) is 26.0. The van der Waals surface area contributed by atoms with E-state index in [0.717, 1.165) is 55.7 Å². The van der Waals surface area contributed by atoms with Crippen molar-refractivity contribution in [3.05, 3.63) is 70.3 Å². The van der Waals surface area contributed by atoms with Gasteiger partial charge in [0.25, 0.3) is 0 Å². The third-order valence-electron chi connectivity index (χ3n) is 7.94. The van der Waals surface area contributed by atoms with Gasteiger partial charge in [-0.3, -0.25) is 9.69 Å². The number of primary amides is 1. The maximum atomic E-state index is 14.6. The van der Waals surface area contributed by atoms with Crippen molar-refractivity contribution in [1.82, 2.24) is 15.2 Å². The first-order chi connectivity index (χ1) is 21.1. The first kappa shape index (κ1) is 31.8. The molecule has 0 aliphatic carbocycles. The van der Waals surface area contributed by atoms with E-state index in [1.54, 1.807) is 36.2 Å². The predicted molar refractivity (Wildman–Crippen MR) is 169 cm³/mol. The highest BCUT2D eigenvalue weighted by molar-refractivity contribution is 6.35. The number of benzene rings is 2. The van der Waals surface area contributed by atoms with Gasteiger partial charge in [-0.05, 0) is 97.1 Å². The summed E-state index contributed by atoms with van der Waals surface area (Å²) in [6.45, 7) is 5.40. The van der Waals surface area contributed by atoms with Gasteiger partial charge in [0.05, 0.1) is 12.7 Å². The molecule has 0 saturated carbocycles. The van der Waals surface area contributed by atoms with Gasteiger partial charge in [0.2, 0.25) is 5.91 Å². The first-order valence-corrected chi connectivity index (χ1v) is 15.4. The quantitative estimate of drug-likeness (QED) is 0.285. The van der Waals surface area contributed by atoms with E-state index < -0.39 is 18.4 Å². The van der Waals surface area contributed by atoms with Gasteiger partial charge in [-0.15, -0.1) is 0 Å². The molecule has 2 aliphatic heterocycles. The Labute approximate surface area is 266 Å². The normalized spacial score (nSPS) is 19.4. The van der Waals surface area contributed by atoms with Crippen LogP contribution in [-0.4, -0.2) is 66.9 Å². The van der Waals surface area contributed by atoms with Crippen molar-refractivity contribution in [3.63, 3.8) is 0 Å². The van der Waals surface area contributed by atoms with Crippen LogP contribution in [0, 0.1) is 5.92 Å². The molecule has 0 radical (unpaired) electrons. The number of piperidine rings is 2. The minimum atomic E-state index is -1.36. The molecular formula is C32H36Cl2FN5O4. The number of rotatable bonds is 9. The molecule has 3 aromatic rings. The van der Waals surface area contributed by atoms with E-state index >= 15 is 0 Å². The zero-order chi connectivity index (χ0) is 31.2. The molecule has 5 rings (SSSR count). The summed E-state index contributed by atoms with van der Waals surface area (Å²) in [7, 11) is 0. The summed E-state index contributed by atoms with van der Waals surface area (Å²) < 4.78 is 25.7. The Balaban J connectivity index is 1.30. The van der Waals surface area contributed by atoms with Crippen LogP contribution in [0.4, 0.5) is 15.0 Å². The number of nitrogens with two attached hydrogens (primary N) is 1. The largest absolute Gasteiger partial charge is 0.456 e. The summed E-state index contributed by atoms with van der Waals surface area (Å²) in [6.07, 6.45) is 0.779. The van der Waals surface area contributed by atoms with E-state index in [2.05, 4.69) is 21.3 Å². The van der Waals surface area contributed by atoms with Gasteiger partial charge >= 0.3 is 6.09 Å². The zero-order valence-electron chi connectivity index (χ0n) is 24.5. The van der Waals surface area contributed by atoms with Crippen molar-refractivity contribution in [3.8, 4) is 22.6 Å². The van der Waals surface area contributed by atoms with Gasteiger partial charge in [-0.25, -0.2) is 14.2 Å². The number of anilines is 1. The van der Waals surface area contributed by atoms with Crippen LogP contribution < -0.4 is 20.7 Å². The summed E-state index contributed by atoms with van der Waals surface area (Å²) in [6, 6.07) is 15.1. The fraction of sp³-hybridized carbons (Fsp3) is 0.406. The van der Waals surface area contributed by atoms with Crippen molar-refractivity contribution in [1.29, 1.82) is 0 Å². The van der Waals surface area contributed by atoms with Crippen molar-refractivity contribution >= 4 is 41.0 Å². The van der Waals surface area contributed by atoms with Crippen molar-refractivity contribution in [2.75, 3.05) is 37.6 Å². The minimum absolute atomic E-state index is 0.00735. The lowest BCUT2D eigenvalue weighted by Crippen LogP contribution is -2.47. The van der Waals surface area contributed by atoms with Gasteiger partial charge in [0, 0.05) is 43.0 Å². The predicted octanol–water partition coefficient (Wildman–Crippen LogP) is 6.21. The van der Waals surface area contributed by atoms with Crippen molar-refractivity contribution < 1.29 is 23.5 Å². The number of alkyl halides is 1. The van der Waals surface area contributed by atoms with Gasteiger partial charge in [0.15, 0.2) is 6.17 Å². The van der Waals surface area contributed by atoms with Crippen LogP contribution in [0.2, 0.25) is 10.0 Å². The molecule has 12 heteroatoms. The molecule has 2 saturated heterocycles. The molecule has 2 aliphatic rings. The number of carbonyl (C=O) groups excluding carboxylic acids is 2. The van der Waals surface area contributed by atoms with E-state index in [-0.39, 0.29) is 12.5 Å². The minimum Gasteiger partial charge on any atom is -0.456 e. The topological polar surface area (TPSA) is 110 Å². The molecule has 2 fully saturated rings. The van der Waals surface area contributed by atoms with E-state index in [1.807, 2.05) is 24.3 Å². The molecule has 2 aromatic carbocycles. The second-order valence-electron chi connectivity index (χ2n) is 11.4. The third-order valence-corrected chi connectivity index (χ3v) is 8.38. The molecule has 1 aromatic heterocycles. The Morgan fingerprint density at radius 2 is 1.73 bits per heavy atom. The van der Waals surface area contributed by atoms with E-state index in [1.165, 1.54) is 0 Å². The summed E-state index contributed by atoms with van der Waals surface area (Å²) in [4.78, 5) is 31.0. The summed E-state index contributed by atoms with van der Waals surface area (Å²) in [5.41, 5.74) is 7.92. The number of carbonyl (C=O) groups is 2. The Bertz CT molecular complexity index is 1450. The fourth-order valence-electron chi connectivity index (χ4n) is 5.72. The number of amides is 2. The Morgan fingerprint density at radius 1 is 1.00 bits per heavy atom. The molecule has 44 heavy (non-hydrogen) atoms. The van der Waals surface area contributed by atoms with Crippen LogP contribution in [0.3, 0.4) is 0 Å². The lowest BCUT2D eigenvalue weighted by Gasteiger charge is -2.34. The van der Waals surface area contributed by atoms with Crippen LogP contribution >= 0.6 is 23.2 Å². The number of pyridine rings is 1. The second kappa shape index (κ2) is 14.5. The Morgan fingerprint density at radius 3 is 2.36 bits per heavy atom. The Hall–Kier alpha value is -3.60. The Kier molecular flexibility index (Phi) is 10.5. The third kappa shape index (κ3) is 8.74. The number of nitrogens with zero attached hydrogens (tertiary/aromatic N) is 3. The lowest BCUT2D eigenvalue weighted by molar-refractivity contribution is -0.119. The smallest absolute Gasteiger partial charge is 0.404 e.